The summed E-state index contributed by atoms with van der Waals surface area (Å²) < 4.78 is 5.43. The minimum absolute atomic E-state index is 0.0284. The Hall–Kier alpha value is -3.02. The Bertz CT molecular complexity index is 696. The van der Waals surface area contributed by atoms with Crippen molar-refractivity contribution in [1.29, 1.82) is 0 Å². The summed E-state index contributed by atoms with van der Waals surface area (Å²) in [6.07, 6.45) is 0.896. The number of nitrogens with one attached hydrogen (secondary N) is 1. The summed E-state index contributed by atoms with van der Waals surface area (Å²) >= 11 is 0. The highest BCUT2D eigenvalue weighted by Crippen LogP contribution is 2.19. The van der Waals surface area contributed by atoms with Gasteiger partial charge >= 0.3 is 0 Å². The van der Waals surface area contributed by atoms with Gasteiger partial charge in [-0.2, -0.15) is 0 Å². The summed E-state index contributed by atoms with van der Waals surface area (Å²) in [5.41, 5.74) is 1.82. The first-order valence-electron chi connectivity index (χ1n) is 8.26. The molecule has 6 nitrogen and oxygen atoms in total. The highest BCUT2D eigenvalue weighted by Gasteiger charge is 2.15. The minimum atomic E-state index is -0.198. The average Bonchev–Trinajstić information content (AvgIpc) is 2.68. The maximum atomic E-state index is 12.0. The first-order chi connectivity index (χ1) is 12.2. The van der Waals surface area contributed by atoms with Crippen LogP contribution in [0.2, 0.25) is 0 Å². The highest BCUT2D eigenvalue weighted by atomic mass is 16.5. The van der Waals surface area contributed by atoms with Gasteiger partial charge in [-0.3, -0.25) is 9.59 Å². The molecule has 0 spiro atoms. The van der Waals surface area contributed by atoms with Crippen molar-refractivity contribution in [2.24, 2.45) is 0 Å². The van der Waals surface area contributed by atoms with Gasteiger partial charge in [0.2, 0.25) is 6.41 Å². The van der Waals surface area contributed by atoms with E-state index in [4.69, 9.17) is 4.74 Å². The molecule has 1 aliphatic heterocycles. The number of rotatable bonds is 6. The standard InChI is InChI=1S/C19H21N3O3/c23-15-21-10-12-22(13-11-21)17-8-6-16(7-9-17)20-19(24)14-25-18-4-2-1-3-5-18/h1-9,15H,10-14H2,(H,20,24). The maximum absolute atomic E-state index is 12.0. The van der Waals surface area contributed by atoms with Gasteiger partial charge in [0.05, 0.1) is 0 Å². The first-order valence-corrected chi connectivity index (χ1v) is 8.26. The monoisotopic (exact) mass is 339 g/mol. The van der Waals surface area contributed by atoms with Gasteiger partial charge in [-0.25, -0.2) is 0 Å². The number of benzene rings is 2. The van der Waals surface area contributed by atoms with Crippen LogP contribution >= 0.6 is 0 Å². The number of carbonyl (C=O) groups is 2. The topological polar surface area (TPSA) is 61.9 Å². The van der Waals surface area contributed by atoms with Crippen molar-refractivity contribution in [1.82, 2.24) is 4.90 Å². The fourth-order valence-corrected chi connectivity index (χ4v) is 2.70. The Morgan fingerprint density at radius 2 is 1.68 bits per heavy atom. The lowest BCUT2D eigenvalue weighted by molar-refractivity contribution is -0.119. The molecule has 2 aromatic rings. The van der Waals surface area contributed by atoms with Crippen LogP contribution < -0.4 is 15.0 Å². The molecule has 0 aromatic heterocycles. The number of carbonyl (C=O) groups excluding carboxylic acids is 2. The van der Waals surface area contributed by atoms with Gasteiger partial charge in [-0.15, -0.1) is 0 Å². The summed E-state index contributed by atoms with van der Waals surface area (Å²) in [6, 6.07) is 17.0. The Labute approximate surface area is 147 Å². The molecule has 2 amide bonds. The van der Waals surface area contributed by atoms with Crippen LogP contribution in [-0.2, 0) is 9.59 Å². The number of hydrogen-bond acceptors (Lipinski definition) is 4. The molecule has 0 atom stereocenters. The van der Waals surface area contributed by atoms with Gasteiger partial charge in [0.15, 0.2) is 6.61 Å². The Kier molecular flexibility index (Phi) is 5.51. The van der Waals surface area contributed by atoms with Crippen LogP contribution in [0.1, 0.15) is 0 Å². The van der Waals surface area contributed by atoms with E-state index in [1.165, 1.54) is 0 Å². The molecular formula is C19H21N3O3. The van der Waals surface area contributed by atoms with E-state index in [2.05, 4.69) is 10.2 Å². The molecule has 0 saturated carbocycles. The van der Waals surface area contributed by atoms with Crippen LogP contribution in [0.15, 0.2) is 54.6 Å². The van der Waals surface area contributed by atoms with Crippen molar-refractivity contribution < 1.29 is 14.3 Å². The molecule has 0 unspecified atom stereocenters. The zero-order valence-corrected chi connectivity index (χ0v) is 13.9. The van der Waals surface area contributed by atoms with Crippen LogP contribution in [0, 0.1) is 0 Å². The second-order valence-electron chi connectivity index (χ2n) is 5.83. The van der Waals surface area contributed by atoms with Gasteiger partial charge < -0.3 is 19.9 Å². The lowest BCUT2D eigenvalue weighted by atomic mass is 10.2. The maximum Gasteiger partial charge on any atom is 0.262 e. The summed E-state index contributed by atoms with van der Waals surface area (Å²) in [5.74, 6) is 0.471. The van der Waals surface area contributed by atoms with Gasteiger partial charge in [0, 0.05) is 37.6 Å². The van der Waals surface area contributed by atoms with Gasteiger partial charge in [-0.05, 0) is 36.4 Å². The van der Waals surface area contributed by atoms with E-state index >= 15 is 0 Å². The smallest absolute Gasteiger partial charge is 0.262 e. The van der Waals surface area contributed by atoms with E-state index in [-0.39, 0.29) is 12.5 Å². The summed E-state index contributed by atoms with van der Waals surface area (Å²) in [6.45, 7) is 3.07. The third-order valence-electron chi connectivity index (χ3n) is 4.09. The van der Waals surface area contributed by atoms with E-state index in [9.17, 15) is 9.59 Å². The SMILES string of the molecule is O=CN1CCN(c2ccc(NC(=O)COc3ccccc3)cc2)CC1. The van der Waals surface area contributed by atoms with Crippen molar-refractivity contribution in [2.45, 2.75) is 0 Å². The Morgan fingerprint density at radius 3 is 2.32 bits per heavy atom. The van der Waals surface area contributed by atoms with Crippen LogP contribution in [-0.4, -0.2) is 50.0 Å². The van der Waals surface area contributed by atoms with Gasteiger partial charge in [-0.1, -0.05) is 18.2 Å². The highest BCUT2D eigenvalue weighted by molar-refractivity contribution is 5.92. The largest absolute Gasteiger partial charge is 0.484 e. The number of anilines is 2. The molecule has 0 bridgehead atoms. The molecule has 25 heavy (non-hydrogen) atoms. The van der Waals surface area contributed by atoms with Crippen LogP contribution in [0.4, 0.5) is 11.4 Å². The quantitative estimate of drug-likeness (QED) is 0.818. The van der Waals surface area contributed by atoms with Crippen molar-refractivity contribution in [3.05, 3.63) is 54.6 Å². The van der Waals surface area contributed by atoms with E-state index in [1.807, 2.05) is 54.6 Å². The molecule has 0 aliphatic carbocycles. The number of nitrogens with zero attached hydrogens (tertiary/aromatic N) is 2. The molecule has 6 heteroatoms. The van der Waals surface area contributed by atoms with Crippen molar-refractivity contribution in [2.75, 3.05) is 43.0 Å². The predicted octanol–water partition coefficient (Wildman–Crippen LogP) is 1.98. The lowest BCUT2D eigenvalue weighted by Gasteiger charge is -2.34. The zero-order chi connectivity index (χ0) is 17.5. The third-order valence-corrected chi connectivity index (χ3v) is 4.09. The lowest BCUT2D eigenvalue weighted by Crippen LogP contribution is -2.45. The van der Waals surface area contributed by atoms with Crippen molar-refractivity contribution >= 4 is 23.7 Å². The number of ether oxygens (including phenoxy) is 1. The first kappa shape index (κ1) is 16.8. The van der Waals surface area contributed by atoms with E-state index in [1.54, 1.807) is 4.90 Å². The van der Waals surface area contributed by atoms with Crippen LogP contribution in [0.3, 0.4) is 0 Å². The Balaban J connectivity index is 1.49. The molecule has 1 fully saturated rings. The molecule has 1 heterocycles. The average molecular weight is 339 g/mol. The van der Waals surface area contributed by atoms with Gasteiger partial charge in [0.1, 0.15) is 5.75 Å². The second-order valence-corrected chi connectivity index (χ2v) is 5.83. The summed E-state index contributed by atoms with van der Waals surface area (Å²) in [5, 5.41) is 2.82. The molecule has 0 radical (unpaired) electrons. The van der Waals surface area contributed by atoms with E-state index < -0.39 is 0 Å². The third kappa shape index (κ3) is 4.73. The molecule has 130 valence electrons. The molecule has 2 aromatic carbocycles. The van der Waals surface area contributed by atoms with Crippen molar-refractivity contribution in [3.63, 3.8) is 0 Å². The van der Waals surface area contributed by atoms with Crippen LogP contribution in [0.25, 0.3) is 0 Å². The fraction of sp³-hybridized carbons (Fsp3) is 0.263. The molecule has 1 N–H and O–H groups in total. The number of hydrogen-bond donors (Lipinski definition) is 1. The zero-order valence-electron chi connectivity index (χ0n) is 13.9. The number of amides is 2. The molecule has 1 saturated heterocycles. The minimum Gasteiger partial charge on any atom is -0.484 e. The van der Waals surface area contributed by atoms with Crippen molar-refractivity contribution in [3.8, 4) is 5.75 Å². The fourth-order valence-electron chi connectivity index (χ4n) is 2.70. The molecule has 1 aliphatic rings. The summed E-state index contributed by atoms with van der Waals surface area (Å²) in [4.78, 5) is 26.7. The summed E-state index contributed by atoms with van der Waals surface area (Å²) in [7, 11) is 0. The van der Waals surface area contributed by atoms with E-state index in [0.717, 1.165) is 44.0 Å². The van der Waals surface area contributed by atoms with Gasteiger partial charge in [0.25, 0.3) is 5.91 Å². The second kappa shape index (κ2) is 8.19. The number of piperazine rings is 1. The normalized spacial score (nSPS) is 14.1. The molecule has 3 rings (SSSR count). The molecular weight excluding hydrogens is 318 g/mol. The van der Waals surface area contributed by atoms with E-state index in [0.29, 0.717) is 5.75 Å². The predicted molar refractivity (Wildman–Crippen MR) is 96.9 cm³/mol. The number of para-hydroxylation sites is 1. The Morgan fingerprint density at radius 1 is 1.00 bits per heavy atom. The van der Waals surface area contributed by atoms with Crippen LogP contribution in [0.5, 0.6) is 5.75 Å².